The van der Waals surface area contributed by atoms with Gasteiger partial charge in [0, 0.05) is 10.6 Å². The summed E-state index contributed by atoms with van der Waals surface area (Å²) < 4.78 is 16.0. The van der Waals surface area contributed by atoms with Gasteiger partial charge in [0.15, 0.2) is 18.0 Å². The van der Waals surface area contributed by atoms with Crippen molar-refractivity contribution in [3.8, 4) is 17.2 Å². The van der Waals surface area contributed by atoms with Crippen LogP contribution < -0.4 is 24.4 Å². The number of ether oxygens (including phenoxy) is 3. The number of rotatable bonds is 8. The largest absolute Gasteiger partial charge is 0.495 e. The van der Waals surface area contributed by atoms with Crippen molar-refractivity contribution >= 4 is 23.2 Å². The number of carbonyl (C=O) groups is 1. The summed E-state index contributed by atoms with van der Waals surface area (Å²) in [7, 11) is 6.74. The second-order valence-electron chi connectivity index (χ2n) is 6.34. The molecule has 2 aromatic carbocycles. The second kappa shape index (κ2) is 9.48. The van der Waals surface area contributed by atoms with Gasteiger partial charge in [0.2, 0.25) is 0 Å². The molecule has 2 aromatic rings. The molecule has 1 unspecified atom stereocenters. The minimum atomic E-state index is -0.119. The molecule has 0 saturated heterocycles. The molecule has 0 spiro atoms. The first-order chi connectivity index (χ1) is 12.9. The van der Waals surface area contributed by atoms with Crippen LogP contribution in [-0.4, -0.2) is 40.8 Å². The molecule has 0 fully saturated rings. The summed E-state index contributed by atoms with van der Waals surface area (Å²) >= 11 is 6.01. The van der Waals surface area contributed by atoms with Gasteiger partial charge in [0.05, 0.1) is 34.1 Å². The van der Waals surface area contributed by atoms with Crippen LogP contribution in [-0.2, 0) is 11.3 Å². The smallest absolute Gasteiger partial charge is 0.279 e. The first-order valence-corrected chi connectivity index (χ1v) is 8.92. The third kappa shape index (κ3) is 5.52. The lowest BCUT2D eigenvalue weighted by Gasteiger charge is -2.17. The normalized spacial score (nSPS) is 11.6. The van der Waals surface area contributed by atoms with Crippen LogP contribution >= 0.6 is 11.6 Å². The molecule has 0 bridgehead atoms. The molecular weight excluding hydrogens is 368 g/mol. The van der Waals surface area contributed by atoms with E-state index in [1.165, 1.54) is 0 Å². The second-order valence-corrected chi connectivity index (χ2v) is 6.77. The van der Waals surface area contributed by atoms with Gasteiger partial charge < -0.3 is 24.4 Å². The van der Waals surface area contributed by atoms with Crippen molar-refractivity contribution in [2.24, 2.45) is 0 Å². The van der Waals surface area contributed by atoms with Gasteiger partial charge >= 0.3 is 0 Å². The van der Waals surface area contributed by atoms with Gasteiger partial charge in [-0.05, 0) is 42.8 Å². The quantitative estimate of drug-likeness (QED) is 0.722. The molecular formula is C20H26ClN2O4+. The maximum Gasteiger partial charge on any atom is 0.279 e. The zero-order chi connectivity index (χ0) is 20.0. The van der Waals surface area contributed by atoms with Crippen LogP contribution in [0.25, 0.3) is 0 Å². The Morgan fingerprint density at radius 3 is 2.30 bits per heavy atom. The van der Waals surface area contributed by atoms with E-state index in [1.807, 2.05) is 26.1 Å². The van der Waals surface area contributed by atoms with Crippen LogP contribution in [0.2, 0.25) is 5.02 Å². The van der Waals surface area contributed by atoms with Gasteiger partial charge in [-0.3, -0.25) is 4.79 Å². The Bertz CT molecular complexity index is 811. The predicted octanol–water partition coefficient (Wildman–Crippen LogP) is 2.33. The first-order valence-electron chi connectivity index (χ1n) is 8.54. The van der Waals surface area contributed by atoms with E-state index in [0.29, 0.717) is 41.0 Å². The van der Waals surface area contributed by atoms with E-state index in [0.717, 1.165) is 16.0 Å². The summed E-state index contributed by atoms with van der Waals surface area (Å²) in [6.45, 7) is 2.98. The summed E-state index contributed by atoms with van der Waals surface area (Å²) in [5.74, 6) is 1.83. The van der Waals surface area contributed by atoms with E-state index in [-0.39, 0.29) is 5.91 Å². The minimum absolute atomic E-state index is 0.119. The van der Waals surface area contributed by atoms with Gasteiger partial charge in [-0.25, -0.2) is 0 Å². The van der Waals surface area contributed by atoms with Gasteiger partial charge in [-0.1, -0.05) is 11.6 Å². The molecule has 2 rings (SSSR count). The zero-order valence-corrected chi connectivity index (χ0v) is 17.1. The van der Waals surface area contributed by atoms with E-state index in [9.17, 15) is 4.79 Å². The molecule has 27 heavy (non-hydrogen) atoms. The number of carbonyl (C=O) groups excluding carboxylic acids is 1. The third-order valence-electron chi connectivity index (χ3n) is 4.23. The van der Waals surface area contributed by atoms with Gasteiger partial charge in [0.1, 0.15) is 12.3 Å². The van der Waals surface area contributed by atoms with Crippen LogP contribution in [0, 0.1) is 6.92 Å². The van der Waals surface area contributed by atoms with Crippen molar-refractivity contribution in [2.75, 3.05) is 40.2 Å². The van der Waals surface area contributed by atoms with Crippen molar-refractivity contribution in [1.82, 2.24) is 0 Å². The molecule has 1 amide bonds. The Balaban J connectivity index is 2.04. The number of anilines is 1. The standard InChI is InChI=1S/C20H25ClN2O4/c1-13-8-18(26-4)19(27-5)9-14(13)11-23(2)12-20(24)22-16-10-15(21)6-7-17(16)25-3/h6-10H,11-12H2,1-5H3,(H,22,24)/p+1. The van der Waals surface area contributed by atoms with Gasteiger partial charge in [0.25, 0.3) is 5.91 Å². The van der Waals surface area contributed by atoms with Crippen LogP contribution in [0.15, 0.2) is 30.3 Å². The first kappa shape index (κ1) is 20.9. The molecule has 0 saturated carbocycles. The van der Waals surface area contributed by atoms with Crippen LogP contribution in [0.3, 0.4) is 0 Å². The van der Waals surface area contributed by atoms with E-state index in [1.54, 1.807) is 39.5 Å². The summed E-state index contributed by atoms with van der Waals surface area (Å²) in [5, 5.41) is 3.40. The molecule has 6 nitrogen and oxygen atoms in total. The number of aryl methyl sites for hydroxylation is 1. The number of nitrogens with one attached hydrogen (secondary N) is 2. The summed E-state index contributed by atoms with van der Waals surface area (Å²) in [6.07, 6.45) is 0. The number of halogens is 1. The van der Waals surface area contributed by atoms with Gasteiger partial charge in [-0.2, -0.15) is 0 Å². The lowest BCUT2D eigenvalue weighted by atomic mass is 10.1. The molecule has 0 aromatic heterocycles. The molecule has 0 aliphatic heterocycles. The van der Waals surface area contributed by atoms with Crippen molar-refractivity contribution in [3.63, 3.8) is 0 Å². The SMILES string of the molecule is COc1ccc(Cl)cc1NC(=O)C[NH+](C)Cc1cc(OC)c(OC)cc1C. The molecule has 2 N–H and O–H groups in total. The van der Waals surface area contributed by atoms with E-state index in [4.69, 9.17) is 25.8 Å². The molecule has 0 aliphatic rings. The number of amides is 1. The molecule has 146 valence electrons. The average Bonchev–Trinajstić information content (AvgIpc) is 2.63. The minimum Gasteiger partial charge on any atom is -0.495 e. The van der Waals surface area contributed by atoms with E-state index >= 15 is 0 Å². The Morgan fingerprint density at radius 2 is 1.67 bits per heavy atom. The average molecular weight is 394 g/mol. The fraction of sp³-hybridized carbons (Fsp3) is 0.350. The number of hydrogen-bond acceptors (Lipinski definition) is 4. The molecule has 0 radical (unpaired) electrons. The lowest BCUT2D eigenvalue weighted by Crippen LogP contribution is -3.08. The van der Waals surface area contributed by atoms with Crippen molar-refractivity contribution in [1.29, 1.82) is 0 Å². The van der Waals surface area contributed by atoms with E-state index in [2.05, 4.69) is 5.32 Å². The highest BCUT2D eigenvalue weighted by molar-refractivity contribution is 6.31. The number of likely N-dealkylation sites (N-methyl/N-ethyl adjacent to an activating group) is 1. The van der Waals surface area contributed by atoms with Crippen LogP contribution in [0.4, 0.5) is 5.69 Å². The molecule has 7 heteroatoms. The molecule has 0 aliphatic carbocycles. The van der Waals surface area contributed by atoms with Crippen molar-refractivity contribution < 1.29 is 23.9 Å². The van der Waals surface area contributed by atoms with Crippen molar-refractivity contribution in [2.45, 2.75) is 13.5 Å². The van der Waals surface area contributed by atoms with Crippen LogP contribution in [0.5, 0.6) is 17.2 Å². The summed E-state index contributed by atoms with van der Waals surface area (Å²) in [6, 6.07) is 9.01. The number of methoxy groups -OCH3 is 3. The highest BCUT2D eigenvalue weighted by atomic mass is 35.5. The Morgan fingerprint density at radius 1 is 1.04 bits per heavy atom. The monoisotopic (exact) mass is 393 g/mol. The maximum absolute atomic E-state index is 12.4. The zero-order valence-electron chi connectivity index (χ0n) is 16.3. The van der Waals surface area contributed by atoms with E-state index < -0.39 is 0 Å². The lowest BCUT2D eigenvalue weighted by molar-refractivity contribution is -0.885. The number of benzene rings is 2. The topological polar surface area (TPSA) is 61.2 Å². The van der Waals surface area contributed by atoms with Gasteiger partial charge in [-0.15, -0.1) is 0 Å². The Kier molecular flexibility index (Phi) is 7.33. The number of quaternary nitrogens is 1. The molecule has 1 atom stereocenters. The summed E-state index contributed by atoms with van der Waals surface area (Å²) in [5.41, 5.74) is 2.74. The fourth-order valence-electron chi connectivity index (χ4n) is 2.85. The summed E-state index contributed by atoms with van der Waals surface area (Å²) in [4.78, 5) is 13.5. The molecule has 0 heterocycles. The Labute approximate surface area is 165 Å². The Hall–Kier alpha value is -2.44. The highest BCUT2D eigenvalue weighted by Gasteiger charge is 2.16. The maximum atomic E-state index is 12.4. The highest BCUT2D eigenvalue weighted by Crippen LogP contribution is 2.30. The number of hydrogen-bond donors (Lipinski definition) is 2. The van der Waals surface area contributed by atoms with Crippen LogP contribution in [0.1, 0.15) is 11.1 Å². The fourth-order valence-corrected chi connectivity index (χ4v) is 3.02. The predicted molar refractivity (Wildman–Crippen MR) is 106 cm³/mol. The van der Waals surface area contributed by atoms with Crippen molar-refractivity contribution in [3.05, 3.63) is 46.5 Å². The third-order valence-corrected chi connectivity index (χ3v) is 4.47.